The molecule has 4 rings (SSSR count). The van der Waals surface area contributed by atoms with E-state index in [-0.39, 0.29) is 6.10 Å². The molecule has 7 nitrogen and oxygen atoms in total. The number of aromatic nitrogens is 5. The lowest BCUT2D eigenvalue weighted by molar-refractivity contribution is 0.0837. The summed E-state index contributed by atoms with van der Waals surface area (Å²) in [5.74, 6) is 2.70. The first-order valence-corrected chi connectivity index (χ1v) is 9.04. The molecule has 1 fully saturated rings. The highest BCUT2D eigenvalue weighted by Crippen LogP contribution is 2.33. The van der Waals surface area contributed by atoms with Crippen LogP contribution in [0.15, 0.2) is 12.3 Å². The number of fused-ring (bicyclic) bond motifs is 1. The van der Waals surface area contributed by atoms with Crippen molar-refractivity contribution in [3.05, 3.63) is 29.6 Å². The Kier molecular flexibility index (Phi) is 4.62. The number of hydrogen-bond donors (Lipinski definition) is 1. The third kappa shape index (κ3) is 3.10. The Hall–Kier alpha value is -1.73. The molecule has 2 aliphatic heterocycles. The smallest absolute Gasteiger partial charge is 0.147 e. The van der Waals surface area contributed by atoms with E-state index in [0.717, 1.165) is 56.4 Å². The lowest BCUT2D eigenvalue weighted by atomic mass is 9.99. The summed E-state index contributed by atoms with van der Waals surface area (Å²) in [7, 11) is 1.98. The van der Waals surface area contributed by atoms with Gasteiger partial charge in [0.25, 0.3) is 0 Å². The zero-order chi connectivity index (χ0) is 16.4. The standard InChI is InChI=1S/C17H26N6O/c1-22-14(6-8-19-22)17-13(7-10-24-17)11-18-12-16-21-20-15-5-3-2-4-9-23(15)16/h6,8,13,17-18H,2-5,7,9-12H2,1H3/t13-,17+/m0/s1. The maximum atomic E-state index is 5.95. The SMILES string of the molecule is Cn1nccc1[C@@H]1OCC[C@H]1CNCc1nnc2n1CCCCC2. The van der Waals surface area contributed by atoms with E-state index in [2.05, 4.69) is 31.2 Å². The summed E-state index contributed by atoms with van der Waals surface area (Å²) >= 11 is 0. The van der Waals surface area contributed by atoms with Crippen molar-refractivity contribution in [3.63, 3.8) is 0 Å². The first-order chi connectivity index (χ1) is 11.8. The Labute approximate surface area is 142 Å². The minimum absolute atomic E-state index is 0.139. The van der Waals surface area contributed by atoms with Gasteiger partial charge in [0, 0.05) is 45.3 Å². The lowest BCUT2D eigenvalue weighted by Gasteiger charge is -2.19. The van der Waals surface area contributed by atoms with Crippen molar-refractivity contribution < 1.29 is 4.74 Å². The predicted octanol–water partition coefficient (Wildman–Crippen LogP) is 1.61. The van der Waals surface area contributed by atoms with Crippen LogP contribution in [0.5, 0.6) is 0 Å². The Morgan fingerprint density at radius 3 is 3.12 bits per heavy atom. The molecule has 0 amide bonds. The summed E-state index contributed by atoms with van der Waals surface area (Å²) in [5.41, 5.74) is 1.16. The molecule has 4 heterocycles. The minimum atomic E-state index is 0.139. The molecule has 7 heteroatoms. The third-order valence-electron chi connectivity index (χ3n) is 5.24. The highest BCUT2D eigenvalue weighted by atomic mass is 16.5. The Balaban J connectivity index is 1.36. The highest BCUT2D eigenvalue weighted by molar-refractivity contribution is 5.08. The summed E-state index contributed by atoms with van der Waals surface area (Å²) < 4.78 is 10.2. The summed E-state index contributed by atoms with van der Waals surface area (Å²) in [6.45, 7) is 3.59. The molecule has 24 heavy (non-hydrogen) atoms. The van der Waals surface area contributed by atoms with Crippen LogP contribution in [0.2, 0.25) is 0 Å². The largest absolute Gasteiger partial charge is 0.372 e. The van der Waals surface area contributed by atoms with Gasteiger partial charge < -0.3 is 14.6 Å². The van der Waals surface area contributed by atoms with E-state index in [4.69, 9.17) is 4.74 Å². The van der Waals surface area contributed by atoms with Crippen LogP contribution < -0.4 is 5.32 Å². The van der Waals surface area contributed by atoms with Gasteiger partial charge in [-0.25, -0.2) is 0 Å². The van der Waals surface area contributed by atoms with Gasteiger partial charge in [0.15, 0.2) is 0 Å². The van der Waals surface area contributed by atoms with E-state index in [0.29, 0.717) is 5.92 Å². The van der Waals surface area contributed by atoms with Crippen molar-refractivity contribution in [3.8, 4) is 0 Å². The summed E-state index contributed by atoms with van der Waals surface area (Å²) in [5, 5.41) is 16.6. The molecule has 0 unspecified atom stereocenters. The molecule has 2 atom stereocenters. The van der Waals surface area contributed by atoms with Crippen molar-refractivity contribution in [2.75, 3.05) is 13.2 Å². The molecule has 1 saturated heterocycles. The van der Waals surface area contributed by atoms with Crippen LogP contribution in [0.1, 0.15) is 49.1 Å². The van der Waals surface area contributed by atoms with E-state index in [1.165, 1.54) is 19.3 Å². The molecule has 0 spiro atoms. The second-order valence-electron chi connectivity index (χ2n) is 6.85. The molecule has 2 aromatic heterocycles. The monoisotopic (exact) mass is 330 g/mol. The first-order valence-electron chi connectivity index (χ1n) is 9.04. The normalized spacial score (nSPS) is 24.0. The van der Waals surface area contributed by atoms with Crippen molar-refractivity contribution in [1.29, 1.82) is 0 Å². The van der Waals surface area contributed by atoms with Crippen LogP contribution >= 0.6 is 0 Å². The van der Waals surface area contributed by atoms with Crippen LogP contribution in [-0.4, -0.2) is 37.7 Å². The number of nitrogens with one attached hydrogen (secondary N) is 1. The van der Waals surface area contributed by atoms with Crippen LogP contribution in [0.4, 0.5) is 0 Å². The van der Waals surface area contributed by atoms with Gasteiger partial charge >= 0.3 is 0 Å². The van der Waals surface area contributed by atoms with Gasteiger partial charge in [0.2, 0.25) is 0 Å². The maximum Gasteiger partial charge on any atom is 0.147 e. The van der Waals surface area contributed by atoms with Gasteiger partial charge in [-0.05, 0) is 25.3 Å². The average molecular weight is 330 g/mol. The Bertz CT molecular complexity index is 678. The molecule has 1 N–H and O–H groups in total. The molecule has 0 aliphatic carbocycles. The molecule has 0 saturated carbocycles. The first kappa shape index (κ1) is 15.8. The highest BCUT2D eigenvalue weighted by Gasteiger charge is 2.31. The second kappa shape index (κ2) is 7.03. The summed E-state index contributed by atoms with van der Waals surface area (Å²) in [4.78, 5) is 0. The summed E-state index contributed by atoms with van der Waals surface area (Å²) in [6.07, 6.45) is 7.89. The number of nitrogens with zero attached hydrogens (tertiary/aromatic N) is 5. The number of aryl methyl sites for hydroxylation is 2. The topological polar surface area (TPSA) is 69.8 Å². The number of rotatable bonds is 5. The fourth-order valence-electron chi connectivity index (χ4n) is 3.88. The van der Waals surface area contributed by atoms with Crippen molar-refractivity contribution in [1.82, 2.24) is 29.9 Å². The van der Waals surface area contributed by atoms with E-state index in [1.54, 1.807) is 0 Å². The number of hydrogen-bond acceptors (Lipinski definition) is 5. The molecule has 2 aliphatic rings. The van der Waals surface area contributed by atoms with Gasteiger partial charge in [0.05, 0.1) is 12.2 Å². The van der Waals surface area contributed by atoms with Gasteiger partial charge in [-0.1, -0.05) is 6.42 Å². The fraction of sp³-hybridized carbons (Fsp3) is 0.706. The van der Waals surface area contributed by atoms with Crippen LogP contribution in [0.3, 0.4) is 0 Å². The maximum absolute atomic E-state index is 5.95. The van der Waals surface area contributed by atoms with Gasteiger partial charge in [0.1, 0.15) is 17.8 Å². The van der Waals surface area contributed by atoms with Crippen molar-refractivity contribution >= 4 is 0 Å². The van der Waals surface area contributed by atoms with E-state index < -0.39 is 0 Å². The molecular weight excluding hydrogens is 304 g/mol. The molecule has 2 aromatic rings. The second-order valence-corrected chi connectivity index (χ2v) is 6.85. The van der Waals surface area contributed by atoms with E-state index in [1.807, 2.05) is 17.9 Å². The third-order valence-corrected chi connectivity index (χ3v) is 5.24. The fourth-order valence-corrected chi connectivity index (χ4v) is 3.88. The van der Waals surface area contributed by atoms with Crippen molar-refractivity contribution in [2.24, 2.45) is 13.0 Å². The zero-order valence-corrected chi connectivity index (χ0v) is 14.3. The molecule has 130 valence electrons. The molecule has 0 aromatic carbocycles. The Morgan fingerprint density at radius 2 is 2.25 bits per heavy atom. The number of ether oxygens (including phenoxy) is 1. The van der Waals surface area contributed by atoms with Crippen LogP contribution in [-0.2, 0) is 31.3 Å². The molecule has 0 bridgehead atoms. The Morgan fingerprint density at radius 1 is 1.29 bits per heavy atom. The predicted molar refractivity (Wildman–Crippen MR) is 89.3 cm³/mol. The molecule has 0 radical (unpaired) electrons. The quantitative estimate of drug-likeness (QED) is 0.902. The van der Waals surface area contributed by atoms with Gasteiger partial charge in [-0.15, -0.1) is 10.2 Å². The van der Waals surface area contributed by atoms with Crippen LogP contribution in [0.25, 0.3) is 0 Å². The molecular formula is C17H26N6O. The van der Waals surface area contributed by atoms with E-state index in [9.17, 15) is 0 Å². The average Bonchev–Trinajstić information content (AvgIpc) is 3.25. The van der Waals surface area contributed by atoms with Gasteiger partial charge in [-0.2, -0.15) is 5.10 Å². The van der Waals surface area contributed by atoms with E-state index >= 15 is 0 Å². The van der Waals surface area contributed by atoms with Crippen LogP contribution in [0, 0.1) is 5.92 Å². The minimum Gasteiger partial charge on any atom is -0.372 e. The van der Waals surface area contributed by atoms with Crippen molar-refractivity contribution in [2.45, 2.75) is 51.3 Å². The lowest BCUT2D eigenvalue weighted by Crippen LogP contribution is -2.26. The zero-order valence-electron chi connectivity index (χ0n) is 14.3. The van der Waals surface area contributed by atoms with Gasteiger partial charge in [-0.3, -0.25) is 4.68 Å². The summed E-state index contributed by atoms with van der Waals surface area (Å²) in [6, 6.07) is 2.06.